The van der Waals surface area contributed by atoms with Crippen LogP contribution in [0.5, 0.6) is 0 Å². The Bertz CT molecular complexity index is 1020. The molecule has 1 heterocycles. The predicted molar refractivity (Wildman–Crippen MR) is 95.4 cm³/mol. The predicted octanol–water partition coefficient (Wildman–Crippen LogP) is 3.00. The number of anilines is 1. The molecule has 1 N–H and O–H groups in total. The van der Waals surface area contributed by atoms with Crippen LogP contribution in [0.15, 0.2) is 73.1 Å². The molecule has 0 unspecified atom stereocenters. The molecule has 0 fully saturated rings. The Labute approximate surface area is 144 Å². The molecule has 1 aromatic heterocycles. The van der Waals surface area contributed by atoms with Crippen LogP contribution >= 0.6 is 0 Å². The SMILES string of the molecule is O=C(Cc1cccc2ccccc12)Nc1cccc(-n2cnnn2)c1. The number of nitrogens with one attached hydrogen (secondary N) is 1. The molecule has 6 heteroatoms. The van der Waals surface area contributed by atoms with E-state index >= 15 is 0 Å². The normalized spacial score (nSPS) is 10.7. The summed E-state index contributed by atoms with van der Waals surface area (Å²) in [4.78, 5) is 12.5. The Hall–Kier alpha value is -3.54. The van der Waals surface area contributed by atoms with Crippen LogP contribution in [0, 0.1) is 0 Å². The van der Waals surface area contributed by atoms with Crippen LogP contribution in [0.1, 0.15) is 5.56 Å². The summed E-state index contributed by atoms with van der Waals surface area (Å²) in [6.07, 6.45) is 1.83. The van der Waals surface area contributed by atoms with Crippen molar-refractivity contribution in [2.24, 2.45) is 0 Å². The lowest BCUT2D eigenvalue weighted by Crippen LogP contribution is -2.14. The lowest BCUT2D eigenvalue weighted by atomic mass is 10.0. The highest BCUT2D eigenvalue weighted by Crippen LogP contribution is 2.20. The van der Waals surface area contributed by atoms with E-state index in [0.717, 1.165) is 22.0 Å². The summed E-state index contributed by atoms with van der Waals surface area (Å²) >= 11 is 0. The second kappa shape index (κ2) is 6.52. The van der Waals surface area contributed by atoms with Gasteiger partial charge in [0.05, 0.1) is 12.1 Å². The number of hydrogen-bond donors (Lipinski definition) is 1. The molecule has 0 saturated carbocycles. The zero-order valence-corrected chi connectivity index (χ0v) is 13.3. The largest absolute Gasteiger partial charge is 0.326 e. The van der Waals surface area contributed by atoms with Crippen molar-refractivity contribution < 1.29 is 4.79 Å². The molecular weight excluding hydrogens is 314 g/mol. The monoisotopic (exact) mass is 329 g/mol. The number of fused-ring (bicyclic) bond motifs is 1. The topological polar surface area (TPSA) is 72.7 Å². The average Bonchev–Trinajstić information content (AvgIpc) is 3.17. The Balaban J connectivity index is 1.53. The lowest BCUT2D eigenvalue weighted by Gasteiger charge is -2.09. The van der Waals surface area contributed by atoms with Crippen LogP contribution in [0.4, 0.5) is 5.69 Å². The maximum absolute atomic E-state index is 12.5. The van der Waals surface area contributed by atoms with E-state index in [0.29, 0.717) is 12.1 Å². The first-order valence-corrected chi connectivity index (χ1v) is 7.89. The third-order valence-electron chi connectivity index (χ3n) is 3.97. The van der Waals surface area contributed by atoms with E-state index in [2.05, 4.69) is 20.8 Å². The van der Waals surface area contributed by atoms with E-state index in [4.69, 9.17) is 0 Å². The lowest BCUT2D eigenvalue weighted by molar-refractivity contribution is -0.115. The number of amides is 1. The van der Waals surface area contributed by atoms with Crippen molar-refractivity contribution >= 4 is 22.4 Å². The highest BCUT2D eigenvalue weighted by Gasteiger charge is 2.08. The molecule has 0 saturated heterocycles. The van der Waals surface area contributed by atoms with E-state index in [1.807, 2.05) is 66.7 Å². The van der Waals surface area contributed by atoms with Crippen LogP contribution < -0.4 is 5.32 Å². The molecule has 3 aromatic carbocycles. The van der Waals surface area contributed by atoms with Gasteiger partial charge in [-0.15, -0.1) is 5.10 Å². The molecule has 4 aromatic rings. The summed E-state index contributed by atoms with van der Waals surface area (Å²) in [5, 5.41) is 16.3. The molecule has 1 amide bonds. The van der Waals surface area contributed by atoms with E-state index in [-0.39, 0.29) is 5.91 Å². The Morgan fingerprint density at radius 1 is 1.00 bits per heavy atom. The van der Waals surface area contributed by atoms with Gasteiger partial charge in [-0.2, -0.15) is 0 Å². The van der Waals surface area contributed by atoms with Crippen molar-refractivity contribution in [3.05, 3.63) is 78.6 Å². The number of carbonyl (C=O) groups excluding carboxylic acids is 1. The fourth-order valence-electron chi connectivity index (χ4n) is 2.83. The highest BCUT2D eigenvalue weighted by atomic mass is 16.1. The number of carbonyl (C=O) groups is 1. The number of tetrazole rings is 1. The van der Waals surface area contributed by atoms with E-state index in [1.54, 1.807) is 4.68 Å². The van der Waals surface area contributed by atoms with Gasteiger partial charge in [0.15, 0.2) is 0 Å². The molecule has 0 bridgehead atoms. The fraction of sp³-hybridized carbons (Fsp3) is 0.0526. The number of rotatable bonds is 4. The van der Waals surface area contributed by atoms with Crippen molar-refractivity contribution in [1.82, 2.24) is 20.2 Å². The minimum atomic E-state index is -0.0646. The first-order chi connectivity index (χ1) is 12.3. The number of nitrogens with zero attached hydrogens (tertiary/aromatic N) is 4. The third kappa shape index (κ3) is 3.23. The summed E-state index contributed by atoms with van der Waals surface area (Å²) in [6, 6.07) is 21.5. The summed E-state index contributed by atoms with van der Waals surface area (Å²) in [7, 11) is 0. The summed E-state index contributed by atoms with van der Waals surface area (Å²) in [5.41, 5.74) is 2.50. The molecule has 0 aliphatic heterocycles. The van der Waals surface area contributed by atoms with Gasteiger partial charge in [-0.3, -0.25) is 4.79 Å². The maximum atomic E-state index is 12.5. The maximum Gasteiger partial charge on any atom is 0.228 e. The molecule has 0 spiro atoms. The van der Waals surface area contributed by atoms with Gasteiger partial charge in [-0.05, 0) is 45.0 Å². The average molecular weight is 329 g/mol. The molecule has 4 rings (SSSR count). The zero-order chi connectivity index (χ0) is 17.1. The Kier molecular flexibility index (Phi) is 3.92. The zero-order valence-electron chi connectivity index (χ0n) is 13.3. The van der Waals surface area contributed by atoms with E-state index < -0.39 is 0 Å². The summed E-state index contributed by atoms with van der Waals surface area (Å²) in [6.45, 7) is 0. The molecule has 0 atom stereocenters. The number of benzene rings is 3. The minimum absolute atomic E-state index is 0.0646. The van der Waals surface area contributed by atoms with Crippen LogP contribution in [-0.4, -0.2) is 26.1 Å². The fourth-order valence-corrected chi connectivity index (χ4v) is 2.83. The number of hydrogen-bond acceptors (Lipinski definition) is 4. The van der Waals surface area contributed by atoms with E-state index in [9.17, 15) is 4.79 Å². The van der Waals surface area contributed by atoms with Crippen molar-refractivity contribution in [3.8, 4) is 5.69 Å². The Morgan fingerprint density at radius 2 is 1.84 bits per heavy atom. The van der Waals surface area contributed by atoms with Crippen LogP contribution in [0.3, 0.4) is 0 Å². The van der Waals surface area contributed by atoms with Gasteiger partial charge >= 0.3 is 0 Å². The smallest absolute Gasteiger partial charge is 0.228 e. The quantitative estimate of drug-likeness (QED) is 0.625. The van der Waals surface area contributed by atoms with Crippen molar-refractivity contribution in [1.29, 1.82) is 0 Å². The Morgan fingerprint density at radius 3 is 2.72 bits per heavy atom. The molecule has 6 nitrogen and oxygen atoms in total. The second-order valence-electron chi connectivity index (χ2n) is 5.67. The second-order valence-corrected chi connectivity index (χ2v) is 5.67. The standard InChI is InChI=1S/C19H15N5O/c25-19(11-15-7-3-6-14-5-1-2-10-18(14)15)21-16-8-4-9-17(12-16)24-13-20-22-23-24/h1-10,12-13H,11H2,(H,21,25). The van der Waals surface area contributed by atoms with Crippen molar-refractivity contribution in [2.75, 3.05) is 5.32 Å². The van der Waals surface area contributed by atoms with Crippen molar-refractivity contribution in [3.63, 3.8) is 0 Å². The van der Waals surface area contributed by atoms with E-state index in [1.165, 1.54) is 6.33 Å². The molecule has 122 valence electrons. The van der Waals surface area contributed by atoms with Crippen LogP contribution in [-0.2, 0) is 11.2 Å². The molecule has 25 heavy (non-hydrogen) atoms. The van der Waals surface area contributed by atoms with Gasteiger partial charge in [0.2, 0.25) is 5.91 Å². The third-order valence-corrected chi connectivity index (χ3v) is 3.97. The van der Waals surface area contributed by atoms with Gasteiger partial charge in [-0.25, -0.2) is 4.68 Å². The van der Waals surface area contributed by atoms with Gasteiger partial charge < -0.3 is 5.32 Å². The minimum Gasteiger partial charge on any atom is -0.326 e. The summed E-state index contributed by atoms with van der Waals surface area (Å²) < 4.78 is 1.54. The van der Waals surface area contributed by atoms with Gasteiger partial charge in [-0.1, -0.05) is 48.5 Å². The summed E-state index contributed by atoms with van der Waals surface area (Å²) in [5.74, 6) is -0.0646. The van der Waals surface area contributed by atoms with Crippen molar-refractivity contribution in [2.45, 2.75) is 6.42 Å². The van der Waals surface area contributed by atoms with Gasteiger partial charge in [0.1, 0.15) is 6.33 Å². The first kappa shape index (κ1) is 15.0. The molecule has 0 radical (unpaired) electrons. The highest BCUT2D eigenvalue weighted by molar-refractivity contribution is 5.96. The number of aromatic nitrogens is 4. The van der Waals surface area contributed by atoms with Gasteiger partial charge in [0.25, 0.3) is 0 Å². The molecule has 0 aliphatic rings. The first-order valence-electron chi connectivity index (χ1n) is 7.89. The molecule has 0 aliphatic carbocycles. The molecular formula is C19H15N5O. The van der Waals surface area contributed by atoms with Gasteiger partial charge in [0, 0.05) is 5.69 Å². The van der Waals surface area contributed by atoms with Crippen LogP contribution in [0.25, 0.3) is 16.5 Å². The van der Waals surface area contributed by atoms with Crippen LogP contribution in [0.2, 0.25) is 0 Å².